The van der Waals surface area contributed by atoms with Crippen molar-refractivity contribution in [2.24, 2.45) is 4.99 Å². The molecular weight excluding hydrogens is 238 g/mol. The number of carboxylic acid groups (broad SMARTS) is 2. The number of carboxylic acids is 2. The smallest absolute Gasteiger partial charge is 0.326 e. The minimum absolute atomic E-state index is 0.269. The molecule has 2 aliphatic heterocycles. The van der Waals surface area contributed by atoms with E-state index in [4.69, 9.17) is 10.2 Å². The molecule has 2 rings (SSSR count). The van der Waals surface area contributed by atoms with Crippen LogP contribution in [-0.4, -0.2) is 53.2 Å². The summed E-state index contributed by atoms with van der Waals surface area (Å²) in [7, 11) is 0. The van der Waals surface area contributed by atoms with Crippen molar-refractivity contribution in [2.75, 3.05) is 13.1 Å². The van der Waals surface area contributed by atoms with E-state index in [9.17, 15) is 9.59 Å². The third-order valence-corrected chi connectivity index (χ3v) is 2.81. The molecule has 0 spiro atoms. The predicted molar refractivity (Wildman–Crippen MR) is 65.8 cm³/mol. The molecule has 4 N–H and O–H groups in total. The lowest BCUT2D eigenvalue weighted by Crippen LogP contribution is -2.42. The van der Waals surface area contributed by atoms with Gasteiger partial charge in [0.15, 0.2) is 0 Å². The Morgan fingerprint density at radius 1 is 1.22 bits per heavy atom. The van der Waals surface area contributed by atoms with E-state index >= 15 is 0 Å². The molecule has 0 aromatic heterocycles. The molecule has 0 aromatic carbocycles. The molecule has 7 heteroatoms. The van der Waals surface area contributed by atoms with Gasteiger partial charge in [-0.25, -0.2) is 4.79 Å². The van der Waals surface area contributed by atoms with Crippen LogP contribution < -0.4 is 10.6 Å². The first kappa shape index (κ1) is 14.4. The zero-order chi connectivity index (χ0) is 13.5. The summed E-state index contributed by atoms with van der Waals surface area (Å²) < 4.78 is 0. The molecule has 102 valence electrons. The number of hydrogen-bond acceptors (Lipinski definition) is 5. The molecule has 0 amide bonds. The van der Waals surface area contributed by atoms with Crippen molar-refractivity contribution in [3.63, 3.8) is 0 Å². The molecule has 7 nitrogen and oxygen atoms in total. The number of amidine groups is 1. The number of nitrogens with one attached hydrogen (secondary N) is 2. The fraction of sp³-hybridized carbons (Fsp3) is 0.727. The Hall–Kier alpha value is -1.63. The highest BCUT2D eigenvalue weighted by molar-refractivity contribution is 5.86. The lowest BCUT2D eigenvalue weighted by molar-refractivity contribution is -0.140. The molecule has 0 aliphatic carbocycles. The molecule has 1 fully saturated rings. The van der Waals surface area contributed by atoms with Crippen LogP contribution in [0.5, 0.6) is 0 Å². The highest BCUT2D eigenvalue weighted by Crippen LogP contribution is 2.03. The number of carbonyl (C=O) groups is 2. The van der Waals surface area contributed by atoms with Gasteiger partial charge in [-0.15, -0.1) is 0 Å². The summed E-state index contributed by atoms with van der Waals surface area (Å²) in [6, 6.07) is -0.701. The van der Waals surface area contributed by atoms with Crippen LogP contribution in [0.2, 0.25) is 0 Å². The fourth-order valence-electron chi connectivity index (χ4n) is 1.81. The summed E-state index contributed by atoms with van der Waals surface area (Å²) in [5.41, 5.74) is 0. The van der Waals surface area contributed by atoms with Gasteiger partial charge in [-0.1, -0.05) is 0 Å². The second kappa shape index (κ2) is 6.95. The molecule has 18 heavy (non-hydrogen) atoms. The third-order valence-electron chi connectivity index (χ3n) is 2.81. The van der Waals surface area contributed by atoms with Crippen LogP contribution in [0.1, 0.15) is 26.2 Å². The van der Waals surface area contributed by atoms with Crippen LogP contribution in [0.3, 0.4) is 0 Å². The first-order valence-corrected chi connectivity index (χ1v) is 5.97. The van der Waals surface area contributed by atoms with E-state index in [0.29, 0.717) is 13.0 Å². The van der Waals surface area contributed by atoms with Crippen molar-refractivity contribution in [2.45, 2.75) is 38.3 Å². The first-order valence-electron chi connectivity index (χ1n) is 5.97. The maximum absolute atomic E-state index is 10.4. The van der Waals surface area contributed by atoms with Crippen molar-refractivity contribution in [3.8, 4) is 0 Å². The SMILES string of the molecule is CC1=NCCC(C(=O)O)N1.O=C(O)C1CCCN1. The van der Waals surface area contributed by atoms with Crippen molar-refractivity contribution in [1.29, 1.82) is 0 Å². The van der Waals surface area contributed by atoms with E-state index in [0.717, 1.165) is 25.2 Å². The molecule has 0 saturated carbocycles. The number of aliphatic imine (C=N–C) groups is 1. The summed E-state index contributed by atoms with van der Waals surface area (Å²) >= 11 is 0. The lowest BCUT2D eigenvalue weighted by Gasteiger charge is -2.18. The molecule has 0 radical (unpaired) electrons. The average Bonchev–Trinajstić information content (AvgIpc) is 2.83. The molecule has 0 aromatic rings. The van der Waals surface area contributed by atoms with E-state index in [1.165, 1.54) is 0 Å². The molecule has 2 aliphatic rings. The van der Waals surface area contributed by atoms with E-state index in [-0.39, 0.29) is 6.04 Å². The summed E-state index contributed by atoms with van der Waals surface area (Å²) in [6.07, 6.45) is 2.37. The normalized spacial score (nSPS) is 26.4. The molecule has 0 bridgehead atoms. The summed E-state index contributed by atoms with van der Waals surface area (Å²) in [4.78, 5) is 24.5. The van der Waals surface area contributed by atoms with Crippen molar-refractivity contribution in [1.82, 2.24) is 10.6 Å². The lowest BCUT2D eigenvalue weighted by atomic mass is 10.2. The van der Waals surface area contributed by atoms with Gasteiger partial charge in [-0.3, -0.25) is 9.79 Å². The highest BCUT2D eigenvalue weighted by Gasteiger charge is 2.20. The Kier molecular flexibility index (Phi) is 5.57. The maximum atomic E-state index is 10.4. The minimum atomic E-state index is -0.797. The second-order valence-corrected chi connectivity index (χ2v) is 4.28. The first-order chi connectivity index (χ1) is 8.50. The second-order valence-electron chi connectivity index (χ2n) is 4.28. The van der Waals surface area contributed by atoms with Gasteiger partial charge in [0, 0.05) is 6.54 Å². The Bertz CT molecular complexity index is 337. The topological polar surface area (TPSA) is 111 Å². The maximum Gasteiger partial charge on any atom is 0.326 e. The van der Waals surface area contributed by atoms with Gasteiger partial charge >= 0.3 is 11.9 Å². The average molecular weight is 257 g/mol. The van der Waals surface area contributed by atoms with Crippen LogP contribution in [0.25, 0.3) is 0 Å². The fourth-order valence-corrected chi connectivity index (χ4v) is 1.81. The monoisotopic (exact) mass is 257 g/mol. The molecule has 2 atom stereocenters. The standard InChI is InChI=1S/C6H10N2O2.C5H9NO2/c1-4-7-3-2-5(8-4)6(9)10;7-5(8)4-2-1-3-6-4/h5H,2-3H2,1H3,(H,7,8)(H,9,10);4,6H,1-3H2,(H,7,8). The van der Waals surface area contributed by atoms with Gasteiger partial charge in [-0.2, -0.15) is 0 Å². The Morgan fingerprint density at radius 3 is 2.22 bits per heavy atom. The number of aliphatic carboxylic acids is 2. The van der Waals surface area contributed by atoms with Gasteiger partial charge in [0.25, 0.3) is 0 Å². The van der Waals surface area contributed by atoms with Crippen molar-refractivity contribution < 1.29 is 19.8 Å². The largest absolute Gasteiger partial charge is 0.480 e. The Labute approximate surface area is 105 Å². The van der Waals surface area contributed by atoms with E-state index in [1.807, 2.05) is 0 Å². The molecule has 2 unspecified atom stereocenters. The zero-order valence-electron chi connectivity index (χ0n) is 10.3. The van der Waals surface area contributed by atoms with E-state index in [2.05, 4.69) is 15.6 Å². The quantitative estimate of drug-likeness (QED) is 0.539. The van der Waals surface area contributed by atoms with E-state index < -0.39 is 18.0 Å². The van der Waals surface area contributed by atoms with E-state index in [1.54, 1.807) is 6.92 Å². The van der Waals surface area contributed by atoms with Gasteiger partial charge in [-0.05, 0) is 32.7 Å². The summed E-state index contributed by atoms with van der Waals surface area (Å²) in [6.45, 7) is 3.25. The number of hydrogen-bond donors (Lipinski definition) is 4. The van der Waals surface area contributed by atoms with Crippen LogP contribution in [0.15, 0.2) is 4.99 Å². The zero-order valence-corrected chi connectivity index (χ0v) is 10.3. The van der Waals surface area contributed by atoms with Crippen molar-refractivity contribution >= 4 is 17.8 Å². The van der Waals surface area contributed by atoms with Crippen LogP contribution in [0.4, 0.5) is 0 Å². The predicted octanol–water partition coefficient (Wildman–Crippen LogP) is -0.326. The summed E-state index contributed by atoms with van der Waals surface area (Å²) in [5, 5.41) is 22.5. The Morgan fingerprint density at radius 2 is 1.89 bits per heavy atom. The highest BCUT2D eigenvalue weighted by atomic mass is 16.4. The molecule has 1 saturated heterocycles. The molecular formula is C11H19N3O4. The summed E-state index contributed by atoms with van der Waals surface area (Å²) in [5.74, 6) is -0.796. The van der Waals surface area contributed by atoms with Crippen LogP contribution >= 0.6 is 0 Å². The van der Waals surface area contributed by atoms with Crippen LogP contribution in [0, 0.1) is 0 Å². The third kappa shape index (κ3) is 4.70. The Balaban J connectivity index is 0.000000184. The number of nitrogens with zero attached hydrogens (tertiary/aromatic N) is 1. The van der Waals surface area contributed by atoms with Crippen molar-refractivity contribution in [3.05, 3.63) is 0 Å². The van der Waals surface area contributed by atoms with Gasteiger partial charge < -0.3 is 20.8 Å². The number of rotatable bonds is 2. The molecule has 2 heterocycles. The minimum Gasteiger partial charge on any atom is -0.480 e. The van der Waals surface area contributed by atoms with Gasteiger partial charge in [0.05, 0.1) is 5.84 Å². The van der Waals surface area contributed by atoms with Gasteiger partial charge in [0.1, 0.15) is 12.1 Å². The van der Waals surface area contributed by atoms with Crippen LogP contribution in [-0.2, 0) is 9.59 Å². The van der Waals surface area contributed by atoms with Gasteiger partial charge in [0.2, 0.25) is 0 Å².